The standard InChI is InChI=1S/C23H24O11/c1-30-14-6-5-11(18(26)22(14)31-2)13-9-32-15-7-10(3-4-12(15)17(13)25)33-23-21(29)20(28)19(27)16(8-24)34-23/h3-7,9,16,19-21,23-24,26-29H,8H2,1-2H3/t16-,19+,20-,21-,23+/m0/s1. The number of benzene rings is 2. The summed E-state index contributed by atoms with van der Waals surface area (Å²) in [6, 6.07) is 7.30. The smallest absolute Gasteiger partial charge is 0.229 e. The van der Waals surface area contributed by atoms with Gasteiger partial charge in [0.25, 0.3) is 0 Å². The first kappa shape index (κ1) is 23.8. The Labute approximate surface area is 192 Å². The van der Waals surface area contributed by atoms with Crippen molar-refractivity contribution in [1.82, 2.24) is 0 Å². The van der Waals surface area contributed by atoms with Crippen molar-refractivity contribution in [3.05, 3.63) is 46.8 Å². The molecule has 1 saturated heterocycles. The van der Waals surface area contributed by atoms with Crippen LogP contribution < -0.4 is 19.6 Å². The molecule has 1 aliphatic heterocycles. The lowest BCUT2D eigenvalue weighted by atomic mass is 9.99. The molecule has 1 aliphatic rings. The number of aliphatic hydroxyl groups excluding tert-OH is 4. The second-order valence-corrected chi connectivity index (χ2v) is 7.65. The predicted molar refractivity (Wildman–Crippen MR) is 117 cm³/mol. The molecule has 182 valence electrons. The zero-order chi connectivity index (χ0) is 24.6. The first-order valence-corrected chi connectivity index (χ1v) is 10.3. The number of hydrogen-bond acceptors (Lipinski definition) is 11. The van der Waals surface area contributed by atoms with Crippen LogP contribution in [-0.4, -0.2) is 77.1 Å². The third-order valence-electron chi connectivity index (χ3n) is 5.66. The van der Waals surface area contributed by atoms with Crippen LogP contribution in [-0.2, 0) is 4.74 Å². The monoisotopic (exact) mass is 476 g/mol. The van der Waals surface area contributed by atoms with Gasteiger partial charge in [-0.25, -0.2) is 0 Å². The number of rotatable bonds is 6. The lowest BCUT2D eigenvalue weighted by molar-refractivity contribution is -0.277. The van der Waals surface area contributed by atoms with Crippen LogP contribution in [0.25, 0.3) is 22.1 Å². The molecule has 5 N–H and O–H groups in total. The highest BCUT2D eigenvalue weighted by Crippen LogP contribution is 2.43. The molecule has 0 radical (unpaired) electrons. The maximum atomic E-state index is 13.1. The molecule has 1 aromatic heterocycles. The highest BCUT2D eigenvalue weighted by molar-refractivity contribution is 5.85. The molecule has 0 spiro atoms. The molecule has 1 fully saturated rings. The van der Waals surface area contributed by atoms with Gasteiger partial charge in [0.1, 0.15) is 42.0 Å². The van der Waals surface area contributed by atoms with E-state index in [1.807, 2.05) is 0 Å². The van der Waals surface area contributed by atoms with Crippen LogP contribution in [0.5, 0.6) is 23.0 Å². The number of aromatic hydroxyl groups is 1. The Morgan fingerprint density at radius 2 is 1.74 bits per heavy atom. The van der Waals surface area contributed by atoms with Crippen molar-refractivity contribution in [2.75, 3.05) is 20.8 Å². The number of aliphatic hydroxyl groups is 4. The van der Waals surface area contributed by atoms with E-state index >= 15 is 0 Å². The lowest BCUT2D eigenvalue weighted by Crippen LogP contribution is -2.60. The van der Waals surface area contributed by atoms with E-state index in [9.17, 15) is 30.3 Å². The summed E-state index contributed by atoms with van der Waals surface area (Å²) in [6.07, 6.45) is -6.02. The maximum absolute atomic E-state index is 13.1. The van der Waals surface area contributed by atoms with Crippen molar-refractivity contribution in [3.63, 3.8) is 0 Å². The van der Waals surface area contributed by atoms with Crippen LogP contribution in [0.15, 0.2) is 45.8 Å². The second-order valence-electron chi connectivity index (χ2n) is 7.65. The molecular weight excluding hydrogens is 452 g/mol. The number of methoxy groups -OCH3 is 2. The summed E-state index contributed by atoms with van der Waals surface area (Å²) >= 11 is 0. The van der Waals surface area contributed by atoms with E-state index in [1.165, 1.54) is 44.7 Å². The molecule has 34 heavy (non-hydrogen) atoms. The Hall–Kier alpha value is -3.35. The van der Waals surface area contributed by atoms with Gasteiger partial charge in [-0.1, -0.05) is 0 Å². The molecule has 5 atom stereocenters. The largest absolute Gasteiger partial charge is 0.504 e. The summed E-state index contributed by atoms with van der Waals surface area (Å²) in [7, 11) is 2.78. The topological polar surface area (TPSA) is 168 Å². The molecule has 3 aromatic rings. The fourth-order valence-corrected chi connectivity index (χ4v) is 3.79. The maximum Gasteiger partial charge on any atom is 0.229 e. The molecule has 11 heteroatoms. The van der Waals surface area contributed by atoms with Crippen LogP contribution in [0.1, 0.15) is 0 Å². The fourth-order valence-electron chi connectivity index (χ4n) is 3.79. The van der Waals surface area contributed by atoms with E-state index in [0.29, 0.717) is 5.75 Å². The lowest BCUT2D eigenvalue weighted by Gasteiger charge is -2.39. The van der Waals surface area contributed by atoms with E-state index in [0.717, 1.165) is 0 Å². The van der Waals surface area contributed by atoms with Crippen molar-refractivity contribution in [1.29, 1.82) is 0 Å². The average Bonchev–Trinajstić information content (AvgIpc) is 2.84. The minimum atomic E-state index is -1.59. The number of hydrogen-bond donors (Lipinski definition) is 5. The van der Waals surface area contributed by atoms with Crippen LogP contribution >= 0.6 is 0 Å². The first-order chi connectivity index (χ1) is 16.3. The second kappa shape index (κ2) is 9.49. The Morgan fingerprint density at radius 3 is 2.41 bits per heavy atom. The molecule has 2 heterocycles. The van der Waals surface area contributed by atoms with Gasteiger partial charge in [-0.2, -0.15) is 0 Å². The Balaban J connectivity index is 1.66. The molecule has 0 aliphatic carbocycles. The summed E-state index contributed by atoms with van der Waals surface area (Å²) in [5.74, 6) is 0.226. The van der Waals surface area contributed by atoms with Crippen molar-refractivity contribution >= 4 is 11.0 Å². The minimum absolute atomic E-state index is 0.0720. The van der Waals surface area contributed by atoms with E-state index in [1.54, 1.807) is 6.07 Å². The normalized spacial score (nSPS) is 24.7. The molecule has 11 nitrogen and oxygen atoms in total. The molecule has 0 amide bonds. The van der Waals surface area contributed by atoms with Gasteiger partial charge in [-0.05, 0) is 24.3 Å². The summed E-state index contributed by atoms with van der Waals surface area (Å²) in [5, 5.41) is 50.0. The Kier molecular flexibility index (Phi) is 6.64. The molecule has 0 saturated carbocycles. The quantitative estimate of drug-likeness (QED) is 0.333. The number of ether oxygens (including phenoxy) is 4. The summed E-state index contributed by atoms with van der Waals surface area (Å²) < 4.78 is 26.8. The molecule has 4 rings (SSSR count). The van der Waals surface area contributed by atoms with Gasteiger partial charge in [0.05, 0.1) is 31.8 Å². The zero-order valence-electron chi connectivity index (χ0n) is 18.2. The van der Waals surface area contributed by atoms with Crippen molar-refractivity contribution < 1.29 is 48.9 Å². The van der Waals surface area contributed by atoms with Crippen LogP contribution in [0.3, 0.4) is 0 Å². The van der Waals surface area contributed by atoms with Gasteiger partial charge < -0.3 is 48.9 Å². The SMILES string of the molecule is COc1ccc(-c2coc3cc(O[C@@H]4O[C@@H](CO)[C@@H](O)[C@H](O)[C@@H]4O)ccc3c2=O)c(O)c1OC. The number of fused-ring (bicyclic) bond motifs is 1. The van der Waals surface area contributed by atoms with Gasteiger partial charge in [-0.15, -0.1) is 0 Å². The van der Waals surface area contributed by atoms with Gasteiger partial charge in [-0.3, -0.25) is 4.79 Å². The minimum Gasteiger partial charge on any atom is -0.504 e. The van der Waals surface area contributed by atoms with Crippen molar-refractivity contribution in [3.8, 4) is 34.1 Å². The summed E-state index contributed by atoms with van der Waals surface area (Å²) in [4.78, 5) is 13.1. The molecular formula is C23H24O11. The van der Waals surface area contributed by atoms with E-state index in [2.05, 4.69) is 0 Å². The van der Waals surface area contributed by atoms with Gasteiger partial charge in [0, 0.05) is 11.6 Å². The Bertz CT molecular complexity index is 1240. The third kappa shape index (κ3) is 4.04. The number of phenolic OH excluding ortho intramolecular Hbond substituents is 1. The molecule has 0 bridgehead atoms. The van der Waals surface area contributed by atoms with E-state index in [-0.39, 0.29) is 39.3 Å². The Morgan fingerprint density at radius 1 is 0.971 bits per heavy atom. The van der Waals surface area contributed by atoms with Gasteiger partial charge >= 0.3 is 0 Å². The van der Waals surface area contributed by atoms with Crippen LogP contribution in [0.4, 0.5) is 0 Å². The highest BCUT2D eigenvalue weighted by Gasteiger charge is 2.44. The van der Waals surface area contributed by atoms with E-state index < -0.39 is 42.7 Å². The van der Waals surface area contributed by atoms with Crippen molar-refractivity contribution in [2.45, 2.75) is 30.7 Å². The summed E-state index contributed by atoms with van der Waals surface area (Å²) in [6.45, 7) is -0.594. The van der Waals surface area contributed by atoms with Gasteiger partial charge in [0.15, 0.2) is 11.5 Å². The predicted octanol–water partition coefficient (Wildman–Crippen LogP) is 0.361. The molecule has 0 unspecified atom stereocenters. The summed E-state index contributed by atoms with van der Waals surface area (Å²) in [5.41, 5.74) is 0.00228. The third-order valence-corrected chi connectivity index (χ3v) is 5.66. The van der Waals surface area contributed by atoms with Gasteiger partial charge in [0.2, 0.25) is 17.5 Å². The fraction of sp³-hybridized carbons (Fsp3) is 0.348. The molecule has 2 aromatic carbocycles. The number of phenols is 1. The highest BCUT2D eigenvalue weighted by atomic mass is 16.7. The van der Waals surface area contributed by atoms with Crippen molar-refractivity contribution in [2.24, 2.45) is 0 Å². The van der Waals surface area contributed by atoms with Crippen LogP contribution in [0, 0.1) is 0 Å². The van der Waals surface area contributed by atoms with Crippen LogP contribution in [0.2, 0.25) is 0 Å². The zero-order valence-corrected chi connectivity index (χ0v) is 18.2. The average molecular weight is 476 g/mol. The van der Waals surface area contributed by atoms with E-state index in [4.69, 9.17) is 23.4 Å². The first-order valence-electron chi connectivity index (χ1n) is 10.3.